The minimum atomic E-state index is -4.75. The fourth-order valence-electron chi connectivity index (χ4n) is 3.42. The molecule has 33 heavy (non-hydrogen) atoms. The first-order chi connectivity index (χ1) is 15.7. The summed E-state index contributed by atoms with van der Waals surface area (Å²) < 4.78 is 47.7. The van der Waals surface area contributed by atoms with Crippen LogP contribution < -0.4 is 0 Å². The number of para-hydroxylation sites is 1. The molecule has 2 heterocycles. The Bertz CT molecular complexity index is 1300. The molecule has 11 heteroatoms. The molecule has 0 spiro atoms. The van der Waals surface area contributed by atoms with Crippen LogP contribution in [0.5, 0.6) is 0 Å². The third-order valence-electron chi connectivity index (χ3n) is 5.00. The largest absolute Gasteiger partial charge is 0.479 e. The molecule has 1 atom stereocenters. The van der Waals surface area contributed by atoms with Crippen molar-refractivity contribution in [2.75, 3.05) is 0 Å². The SMILES string of the molecule is CCc1cc([C@@H](O)C(=O)O)ccc1-c1noc(-c2cnn(-c3ccccc3)c2C(F)(F)F)n1. The molecule has 2 N–H and O–H groups in total. The summed E-state index contributed by atoms with van der Waals surface area (Å²) in [6.45, 7) is 1.79. The van der Waals surface area contributed by atoms with E-state index >= 15 is 0 Å². The Morgan fingerprint density at radius 2 is 1.88 bits per heavy atom. The van der Waals surface area contributed by atoms with Gasteiger partial charge in [-0.05, 0) is 29.7 Å². The van der Waals surface area contributed by atoms with Crippen molar-refractivity contribution >= 4 is 5.97 Å². The fraction of sp³-hybridized carbons (Fsp3) is 0.182. The van der Waals surface area contributed by atoms with E-state index in [0.29, 0.717) is 17.5 Å². The van der Waals surface area contributed by atoms with Crippen molar-refractivity contribution in [1.29, 1.82) is 0 Å². The number of rotatable bonds is 6. The summed E-state index contributed by atoms with van der Waals surface area (Å²) in [5.41, 5.74) is -0.0124. The number of benzene rings is 2. The molecule has 0 saturated heterocycles. The van der Waals surface area contributed by atoms with E-state index in [1.807, 2.05) is 0 Å². The maximum atomic E-state index is 13.9. The van der Waals surface area contributed by atoms with Crippen LogP contribution in [0, 0.1) is 0 Å². The first-order valence-corrected chi connectivity index (χ1v) is 9.79. The van der Waals surface area contributed by atoms with Crippen LogP contribution >= 0.6 is 0 Å². The minimum absolute atomic E-state index is 0.0267. The number of nitrogens with zero attached hydrogens (tertiary/aromatic N) is 4. The molecule has 0 aliphatic carbocycles. The zero-order chi connectivity index (χ0) is 23.8. The lowest BCUT2D eigenvalue weighted by molar-refractivity contribution is -0.147. The van der Waals surface area contributed by atoms with E-state index in [1.54, 1.807) is 25.1 Å². The number of aryl methyl sites for hydroxylation is 1. The second-order valence-electron chi connectivity index (χ2n) is 7.09. The van der Waals surface area contributed by atoms with Gasteiger partial charge in [-0.15, -0.1) is 0 Å². The molecule has 0 aliphatic heterocycles. The van der Waals surface area contributed by atoms with Crippen molar-refractivity contribution in [3.05, 3.63) is 71.5 Å². The van der Waals surface area contributed by atoms with Gasteiger partial charge in [-0.3, -0.25) is 0 Å². The van der Waals surface area contributed by atoms with Crippen molar-refractivity contribution in [2.24, 2.45) is 0 Å². The number of hydrogen-bond acceptors (Lipinski definition) is 6. The lowest BCUT2D eigenvalue weighted by atomic mass is 9.99. The average molecular weight is 458 g/mol. The Labute approximate surface area is 184 Å². The smallest absolute Gasteiger partial charge is 0.434 e. The number of halogens is 3. The first kappa shape index (κ1) is 22.2. The number of aliphatic hydroxyl groups excluding tert-OH is 1. The lowest BCUT2D eigenvalue weighted by Crippen LogP contribution is -2.14. The highest BCUT2D eigenvalue weighted by Crippen LogP contribution is 2.38. The highest BCUT2D eigenvalue weighted by atomic mass is 19.4. The standard InChI is InChI=1S/C22H17F3N4O4/c1-2-12-10-13(17(30)21(31)32)8-9-15(12)19-27-20(33-28-19)16-11-26-29(18(16)22(23,24)25)14-6-4-3-5-7-14/h3-11,17,30H,2H2,1H3,(H,31,32)/t17-/m1/s1. The number of alkyl halides is 3. The summed E-state index contributed by atoms with van der Waals surface area (Å²) in [7, 11) is 0. The molecule has 0 bridgehead atoms. The quantitative estimate of drug-likeness (QED) is 0.443. The van der Waals surface area contributed by atoms with Gasteiger partial charge < -0.3 is 14.7 Å². The maximum Gasteiger partial charge on any atom is 0.434 e. The van der Waals surface area contributed by atoms with Gasteiger partial charge in [-0.2, -0.15) is 23.3 Å². The predicted octanol–water partition coefficient (Wildman–Crippen LogP) is 4.29. The van der Waals surface area contributed by atoms with Gasteiger partial charge in [0, 0.05) is 5.56 Å². The zero-order valence-electron chi connectivity index (χ0n) is 17.1. The van der Waals surface area contributed by atoms with E-state index in [4.69, 9.17) is 9.63 Å². The highest BCUT2D eigenvalue weighted by molar-refractivity contribution is 5.75. The van der Waals surface area contributed by atoms with Crippen LogP contribution in [0.25, 0.3) is 28.5 Å². The topological polar surface area (TPSA) is 114 Å². The van der Waals surface area contributed by atoms with Crippen molar-refractivity contribution in [3.63, 3.8) is 0 Å². The fourth-order valence-corrected chi connectivity index (χ4v) is 3.42. The third-order valence-corrected chi connectivity index (χ3v) is 5.00. The number of aromatic nitrogens is 4. The molecule has 4 rings (SSSR count). The van der Waals surface area contributed by atoms with Gasteiger partial charge in [-0.1, -0.05) is 48.5 Å². The Hall–Kier alpha value is -3.99. The Morgan fingerprint density at radius 1 is 1.15 bits per heavy atom. The summed E-state index contributed by atoms with van der Waals surface area (Å²) in [6.07, 6.45) is -5.01. The molecule has 0 unspecified atom stereocenters. The third kappa shape index (κ3) is 4.22. The average Bonchev–Trinajstić information content (AvgIpc) is 3.46. The summed E-state index contributed by atoms with van der Waals surface area (Å²) >= 11 is 0. The van der Waals surface area contributed by atoms with Crippen LogP contribution in [0.2, 0.25) is 0 Å². The van der Waals surface area contributed by atoms with Gasteiger partial charge in [0.25, 0.3) is 5.89 Å². The highest BCUT2D eigenvalue weighted by Gasteiger charge is 2.40. The molecule has 2 aromatic heterocycles. The molecule has 4 aromatic rings. The van der Waals surface area contributed by atoms with Crippen LogP contribution in [-0.4, -0.2) is 36.1 Å². The molecular weight excluding hydrogens is 441 g/mol. The van der Waals surface area contributed by atoms with E-state index in [9.17, 15) is 23.1 Å². The minimum Gasteiger partial charge on any atom is -0.479 e. The summed E-state index contributed by atoms with van der Waals surface area (Å²) in [4.78, 5) is 15.2. The van der Waals surface area contributed by atoms with Crippen LogP contribution in [0.3, 0.4) is 0 Å². The lowest BCUT2D eigenvalue weighted by Gasteiger charge is -2.11. The van der Waals surface area contributed by atoms with E-state index in [0.717, 1.165) is 10.9 Å². The number of carbonyl (C=O) groups is 1. The number of carboxylic acid groups (broad SMARTS) is 1. The number of aliphatic carboxylic acids is 1. The number of carboxylic acids is 1. The molecule has 0 aliphatic rings. The molecule has 0 amide bonds. The monoisotopic (exact) mass is 458 g/mol. The first-order valence-electron chi connectivity index (χ1n) is 9.79. The number of aliphatic hydroxyl groups is 1. The van der Waals surface area contributed by atoms with Crippen molar-refractivity contribution in [3.8, 4) is 28.5 Å². The van der Waals surface area contributed by atoms with Gasteiger partial charge in [0.2, 0.25) is 5.82 Å². The van der Waals surface area contributed by atoms with Crippen molar-refractivity contribution < 1.29 is 32.7 Å². The van der Waals surface area contributed by atoms with E-state index in [-0.39, 0.29) is 28.5 Å². The van der Waals surface area contributed by atoms with Gasteiger partial charge in [0.1, 0.15) is 0 Å². The molecule has 2 aromatic carbocycles. The second-order valence-corrected chi connectivity index (χ2v) is 7.09. The molecule has 0 fully saturated rings. The van der Waals surface area contributed by atoms with Crippen LogP contribution in [0.4, 0.5) is 13.2 Å². The van der Waals surface area contributed by atoms with E-state index in [1.165, 1.54) is 30.3 Å². The maximum absolute atomic E-state index is 13.9. The van der Waals surface area contributed by atoms with Crippen LogP contribution in [-0.2, 0) is 17.4 Å². The molecule has 8 nitrogen and oxygen atoms in total. The molecule has 170 valence electrons. The predicted molar refractivity (Wildman–Crippen MR) is 109 cm³/mol. The number of hydrogen-bond donors (Lipinski definition) is 2. The van der Waals surface area contributed by atoms with E-state index in [2.05, 4.69) is 15.2 Å². The Balaban J connectivity index is 1.77. The van der Waals surface area contributed by atoms with Gasteiger partial charge in [0.15, 0.2) is 11.8 Å². The van der Waals surface area contributed by atoms with E-state index < -0.39 is 23.9 Å². The van der Waals surface area contributed by atoms with Crippen molar-refractivity contribution in [2.45, 2.75) is 25.6 Å². The van der Waals surface area contributed by atoms with Crippen LogP contribution in [0.15, 0.2) is 59.3 Å². The van der Waals surface area contributed by atoms with Gasteiger partial charge in [-0.25, -0.2) is 9.48 Å². The molecule has 0 radical (unpaired) electrons. The van der Waals surface area contributed by atoms with Gasteiger partial charge in [0.05, 0.1) is 17.4 Å². The van der Waals surface area contributed by atoms with Crippen LogP contribution in [0.1, 0.15) is 29.8 Å². The molecular formula is C22H17F3N4O4. The summed E-state index contributed by atoms with van der Waals surface area (Å²) in [5, 5.41) is 26.5. The van der Waals surface area contributed by atoms with Crippen molar-refractivity contribution in [1.82, 2.24) is 19.9 Å². The molecule has 0 saturated carbocycles. The normalized spacial score (nSPS) is 12.6. The second kappa shape index (κ2) is 8.51. The Morgan fingerprint density at radius 3 is 2.52 bits per heavy atom. The zero-order valence-corrected chi connectivity index (χ0v) is 17.1. The van der Waals surface area contributed by atoms with Gasteiger partial charge >= 0.3 is 12.1 Å². The Kier molecular flexibility index (Phi) is 5.73. The summed E-state index contributed by atoms with van der Waals surface area (Å²) in [5.74, 6) is -1.74. The summed E-state index contributed by atoms with van der Waals surface area (Å²) in [6, 6.07) is 12.2.